The molecule has 0 unspecified atom stereocenters. The number of halogens is 1. The lowest BCUT2D eigenvalue weighted by atomic mass is 9.92. The molecule has 1 aromatic heterocycles. The predicted octanol–water partition coefficient (Wildman–Crippen LogP) is 0.954. The number of amides is 1. The summed E-state index contributed by atoms with van der Waals surface area (Å²) in [6.45, 7) is 10.3. The average molecular weight is 475 g/mol. The lowest BCUT2D eigenvalue weighted by molar-refractivity contribution is -0.128. The topological polar surface area (TPSA) is 85.8 Å². The van der Waals surface area contributed by atoms with E-state index >= 15 is 0 Å². The number of rotatable bonds is 5. The van der Waals surface area contributed by atoms with Gasteiger partial charge in [-0.25, -0.2) is 9.97 Å². The summed E-state index contributed by atoms with van der Waals surface area (Å²) < 4.78 is 0. The fourth-order valence-corrected chi connectivity index (χ4v) is 2.69. The first-order chi connectivity index (χ1) is 12.0. The third-order valence-electron chi connectivity index (χ3n) is 4.27. The highest BCUT2D eigenvalue weighted by Gasteiger charge is 2.28. The van der Waals surface area contributed by atoms with Gasteiger partial charge in [0, 0.05) is 58.7 Å². The van der Waals surface area contributed by atoms with E-state index in [1.54, 1.807) is 19.4 Å². The summed E-state index contributed by atoms with van der Waals surface area (Å²) in [5, 5.41) is 6.22. The standard InChI is InChI=1S/C17H29N7O.HI/c1-5-19-14(25)17(2,3)13-22-15(18-4)23-9-11-24(12-10-23)16-20-7-6-8-21-16;/h6-8H,5,9-13H2,1-4H3,(H,18,22)(H,19,25);1H. The van der Waals surface area contributed by atoms with E-state index in [1.807, 2.05) is 26.8 Å². The Hall–Kier alpha value is -1.65. The Labute approximate surface area is 172 Å². The van der Waals surface area contributed by atoms with E-state index in [2.05, 4.69) is 35.4 Å². The molecule has 1 aromatic rings. The van der Waals surface area contributed by atoms with E-state index < -0.39 is 5.41 Å². The second-order valence-corrected chi connectivity index (χ2v) is 6.67. The van der Waals surface area contributed by atoms with E-state index in [1.165, 1.54) is 0 Å². The number of guanidine groups is 1. The first-order valence-electron chi connectivity index (χ1n) is 8.74. The number of piperazine rings is 1. The zero-order chi connectivity index (χ0) is 18.3. The molecular formula is C17H30IN7O. The van der Waals surface area contributed by atoms with Gasteiger partial charge in [0.05, 0.1) is 5.41 Å². The van der Waals surface area contributed by atoms with E-state index in [0.29, 0.717) is 13.1 Å². The molecular weight excluding hydrogens is 445 g/mol. The molecule has 26 heavy (non-hydrogen) atoms. The van der Waals surface area contributed by atoms with Gasteiger partial charge in [-0.3, -0.25) is 9.79 Å². The molecule has 2 heterocycles. The van der Waals surface area contributed by atoms with Crippen molar-refractivity contribution in [2.75, 3.05) is 51.2 Å². The van der Waals surface area contributed by atoms with Crippen LogP contribution in [-0.2, 0) is 4.79 Å². The normalized spacial score (nSPS) is 15.3. The number of anilines is 1. The highest BCUT2D eigenvalue weighted by atomic mass is 127. The van der Waals surface area contributed by atoms with Crippen molar-refractivity contribution in [2.24, 2.45) is 10.4 Å². The van der Waals surface area contributed by atoms with Gasteiger partial charge < -0.3 is 20.4 Å². The van der Waals surface area contributed by atoms with Crippen LogP contribution in [0.1, 0.15) is 20.8 Å². The van der Waals surface area contributed by atoms with Gasteiger partial charge in [-0.2, -0.15) is 0 Å². The molecule has 1 aliphatic heterocycles. The monoisotopic (exact) mass is 475 g/mol. The first-order valence-corrected chi connectivity index (χ1v) is 8.74. The molecule has 0 spiro atoms. The number of nitrogens with zero attached hydrogens (tertiary/aromatic N) is 5. The van der Waals surface area contributed by atoms with E-state index in [-0.39, 0.29) is 29.9 Å². The van der Waals surface area contributed by atoms with Crippen LogP contribution in [-0.4, -0.2) is 73.1 Å². The summed E-state index contributed by atoms with van der Waals surface area (Å²) in [5.41, 5.74) is -0.494. The molecule has 2 N–H and O–H groups in total. The average Bonchev–Trinajstić information content (AvgIpc) is 2.63. The molecule has 1 aliphatic rings. The van der Waals surface area contributed by atoms with Gasteiger partial charge in [0.2, 0.25) is 11.9 Å². The zero-order valence-corrected chi connectivity index (χ0v) is 18.4. The summed E-state index contributed by atoms with van der Waals surface area (Å²) in [4.78, 5) is 29.5. The Morgan fingerprint density at radius 3 is 2.35 bits per heavy atom. The highest BCUT2D eigenvalue weighted by molar-refractivity contribution is 14.0. The molecule has 8 nitrogen and oxygen atoms in total. The molecule has 0 aromatic carbocycles. The Kier molecular flexibility index (Phi) is 9.03. The van der Waals surface area contributed by atoms with Crippen molar-refractivity contribution in [3.63, 3.8) is 0 Å². The van der Waals surface area contributed by atoms with Crippen LogP contribution < -0.4 is 15.5 Å². The quantitative estimate of drug-likeness (QED) is 0.375. The lowest BCUT2D eigenvalue weighted by Gasteiger charge is -2.37. The summed E-state index contributed by atoms with van der Waals surface area (Å²) >= 11 is 0. The van der Waals surface area contributed by atoms with Gasteiger partial charge in [0.25, 0.3) is 0 Å². The SMILES string of the molecule is CCNC(=O)C(C)(C)CNC(=NC)N1CCN(c2ncccn2)CC1.I. The molecule has 2 rings (SSSR count). The van der Waals surface area contributed by atoms with Crippen LogP contribution in [0.3, 0.4) is 0 Å². The Balaban J connectivity index is 0.00000338. The molecule has 1 fully saturated rings. The number of aromatic nitrogens is 2. The van der Waals surface area contributed by atoms with Crippen molar-refractivity contribution in [1.82, 2.24) is 25.5 Å². The molecule has 146 valence electrons. The fraction of sp³-hybridized carbons (Fsp3) is 0.647. The Bertz CT molecular complexity index is 586. The molecule has 9 heteroatoms. The minimum atomic E-state index is -0.494. The lowest BCUT2D eigenvalue weighted by Crippen LogP contribution is -2.55. The molecule has 1 saturated heterocycles. The molecule has 1 amide bonds. The van der Waals surface area contributed by atoms with E-state index in [0.717, 1.165) is 38.1 Å². The number of aliphatic imine (C=N–C) groups is 1. The molecule has 0 aliphatic carbocycles. The van der Waals surface area contributed by atoms with Crippen LogP contribution in [0.2, 0.25) is 0 Å². The highest BCUT2D eigenvalue weighted by Crippen LogP contribution is 2.14. The Morgan fingerprint density at radius 2 is 1.81 bits per heavy atom. The summed E-state index contributed by atoms with van der Waals surface area (Å²) in [6, 6.07) is 1.82. The van der Waals surface area contributed by atoms with Crippen molar-refractivity contribution < 1.29 is 4.79 Å². The number of hydrogen-bond donors (Lipinski definition) is 2. The smallest absolute Gasteiger partial charge is 0.227 e. The maximum atomic E-state index is 12.1. The van der Waals surface area contributed by atoms with Gasteiger partial charge in [-0.05, 0) is 26.8 Å². The van der Waals surface area contributed by atoms with Crippen LogP contribution in [0, 0.1) is 5.41 Å². The van der Waals surface area contributed by atoms with Crippen molar-refractivity contribution in [2.45, 2.75) is 20.8 Å². The van der Waals surface area contributed by atoms with Crippen molar-refractivity contribution in [3.8, 4) is 0 Å². The minimum Gasteiger partial charge on any atom is -0.356 e. The van der Waals surface area contributed by atoms with Crippen LogP contribution in [0.5, 0.6) is 0 Å². The number of carbonyl (C=O) groups excluding carboxylic acids is 1. The number of carbonyl (C=O) groups is 1. The van der Waals surface area contributed by atoms with Crippen LogP contribution in [0.4, 0.5) is 5.95 Å². The van der Waals surface area contributed by atoms with Crippen molar-refractivity contribution in [3.05, 3.63) is 18.5 Å². The summed E-state index contributed by atoms with van der Waals surface area (Å²) in [7, 11) is 1.77. The Morgan fingerprint density at radius 1 is 1.19 bits per heavy atom. The van der Waals surface area contributed by atoms with Gasteiger partial charge >= 0.3 is 0 Å². The number of hydrogen-bond acceptors (Lipinski definition) is 5. The number of nitrogens with one attached hydrogen (secondary N) is 2. The third kappa shape index (κ3) is 5.96. The maximum Gasteiger partial charge on any atom is 0.227 e. The van der Waals surface area contributed by atoms with Crippen LogP contribution in [0.25, 0.3) is 0 Å². The van der Waals surface area contributed by atoms with E-state index in [9.17, 15) is 4.79 Å². The molecule has 0 radical (unpaired) electrons. The largest absolute Gasteiger partial charge is 0.356 e. The summed E-state index contributed by atoms with van der Waals surface area (Å²) in [5.74, 6) is 1.64. The molecule has 0 atom stereocenters. The maximum absolute atomic E-state index is 12.1. The van der Waals surface area contributed by atoms with Gasteiger partial charge in [-0.1, -0.05) is 0 Å². The van der Waals surface area contributed by atoms with Gasteiger partial charge in [0.15, 0.2) is 5.96 Å². The molecule has 0 saturated carbocycles. The molecule has 0 bridgehead atoms. The fourth-order valence-electron chi connectivity index (χ4n) is 2.69. The van der Waals surface area contributed by atoms with Crippen LogP contribution >= 0.6 is 24.0 Å². The third-order valence-corrected chi connectivity index (χ3v) is 4.27. The predicted molar refractivity (Wildman–Crippen MR) is 115 cm³/mol. The zero-order valence-electron chi connectivity index (χ0n) is 16.0. The minimum absolute atomic E-state index is 0. The van der Waals surface area contributed by atoms with Crippen molar-refractivity contribution in [1.29, 1.82) is 0 Å². The second-order valence-electron chi connectivity index (χ2n) is 6.67. The van der Waals surface area contributed by atoms with E-state index in [4.69, 9.17) is 0 Å². The summed E-state index contributed by atoms with van der Waals surface area (Å²) in [6.07, 6.45) is 3.53. The first kappa shape index (κ1) is 22.4. The van der Waals surface area contributed by atoms with Gasteiger partial charge in [-0.15, -0.1) is 24.0 Å². The second kappa shape index (κ2) is 10.5. The van der Waals surface area contributed by atoms with Crippen molar-refractivity contribution >= 4 is 41.8 Å². The van der Waals surface area contributed by atoms with Gasteiger partial charge in [0.1, 0.15) is 0 Å². The van der Waals surface area contributed by atoms with Crippen LogP contribution in [0.15, 0.2) is 23.5 Å².